The third-order valence-electron chi connectivity index (χ3n) is 3.35. The van der Waals surface area contributed by atoms with Crippen LogP contribution in [-0.4, -0.2) is 4.98 Å². The van der Waals surface area contributed by atoms with Gasteiger partial charge in [-0.15, -0.1) is 0 Å². The van der Waals surface area contributed by atoms with Gasteiger partial charge in [0, 0.05) is 21.2 Å². The molecule has 0 fully saturated rings. The lowest BCUT2D eigenvalue weighted by atomic mass is 10.1. The highest BCUT2D eigenvalue weighted by Crippen LogP contribution is 2.42. The van der Waals surface area contributed by atoms with Gasteiger partial charge in [-0.1, -0.05) is 81.2 Å². The minimum absolute atomic E-state index is 0.331. The van der Waals surface area contributed by atoms with E-state index < -0.39 is 0 Å². The summed E-state index contributed by atoms with van der Waals surface area (Å²) in [6.07, 6.45) is 0. The molecule has 0 spiro atoms. The van der Waals surface area contributed by atoms with Crippen LogP contribution in [0.25, 0.3) is 22.5 Å². The molecule has 3 rings (SSSR count). The van der Waals surface area contributed by atoms with Crippen LogP contribution in [0.2, 0.25) is 35.2 Å². The second-order valence-corrected chi connectivity index (χ2v) is 7.92. The molecule has 0 radical (unpaired) electrons. The number of rotatable bonds is 2. The maximum atomic E-state index is 6.31. The largest absolute Gasteiger partial charge is 0.246 e. The minimum atomic E-state index is 0.331. The molecule has 1 nitrogen and oxygen atoms in total. The summed E-state index contributed by atoms with van der Waals surface area (Å²) in [5, 5.41) is 2.61. The lowest BCUT2D eigenvalue weighted by molar-refractivity contribution is 1.32. The maximum absolute atomic E-state index is 6.31. The Hall–Kier alpha value is -0.380. The van der Waals surface area contributed by atoms with Gasteiger partial charge in [0.25, 0.3) is 0 Å². The molecule has 0 atom stereocenters. The molecular weight excluding hydrogens is 466 g/mol. The van der Waals surface area contributed by atoms with Crippen molar-refractivity contribution in [3.05, 3.63) is 71.6 Å². The summed E-state index contributed by atoms with van der Waals surface area (Å²) in [7, 11) is 0. The standard InChI is InChI=1S/C17H6Cl7N/c18-7-3-10(21)15(11(22)4-7)14-2-1-9(20)17(25-14)16-12(23)5-8(19)6-13(16)24/h1-6H. The first kappa shape index (κ1) is 19.4. The Labute approximate surface area is 179 Å². The van der Waals surface area contributed by atoms with Gasteiger partial charge in [-0.2, -0.15) is 0 Å². The number of aromatic nitrogens is 1. The summed E-state index contributed by atoms with van der Waals surface area (Å²) >= 11 is 43.4. The molecule has 1 aromatic heterocycles. The van der Waals surface area contributed by atoms with Crippen molar-refractivity contribution in [1.29, 1.82) is 0 Å². The minimum Gasteiger partial charge on any atom is -0.246 e. The van der Waals surface area contributed by atoms with Gasteiger partial charge in [-0.05, 0) is 36.4 Å². The fourth-order valence-corrected chi connectivity index (χ4v) is 4.52. The zero-order valence-corrected chi connectivity index (χ0v) is 17.3. The van der Waals surface area contributed by atoms with E-state index in [2.05, 4.69) is 4.98 Å². The van der Waals surface area contributed by atoms with Gasteiger partial charge in [0.2, 0.25) is 0 Å². The molecule has 0 saturated heterocycles. The van der Waals surface area contributed by atoms with Crippen LogP contribution in [-0.2, 0) is 0 Å². The highest BCUT2D eigenvalue weighted by Gasteiger charge is 2.18. The van der Waals surface area contributed by atoms with E-state index in [0.717, 1.165) is 0 Å². The van der Waals surface area contributed by atoms with E-state index in [-0.39, 0.29) is 0 Å². The van der Waals surface area contributed by atoms with Gasteiger partial charge >= 0.3 is 0 Å². The Morgan fingerprint density at radius 1 is 0.520 bits per heavy atom. The average molecular weight is 472 g/mol. The lowest BCUT2D eigenvalue weighted by Crippen LogP contribution is -1.93. The van der Waals surface area contributed by atoms with Gasteiger partial charge in [-0.25, -0.2) is 4.98 Å². The quantitative estimate of drug-likeness (QED) is 0.363. The topological polar surface area (TPSA) is 12.9 Å². The average Bonchev–Trinajstić information content (AvgIpc) is 2.48. The van der Waals surface area contributed by atoms with E-state index in [9.17, 15) is 0 Å². The Bertz CT molecular complexity index is 939. The first-order valence-corrected chi connectivity index (χ1v) is 9.39. The van der Waals surface area contributed by atoms with Crippen molar-refractivity contribution < 1.29 is 0 Å². The summed E-state index contributed by atoms with van der Waals surface area (Å²) in [6, 6.07) is 9.67. The maximum Gasteiger partial charge on any atom is 0.0925 e. The van der Waals surface area contributed by atoms with Crippen molar-refractivity contribution in [3.8, 4) is 22.5 Å². The Kier molecular flexibility index (Phi) is 5.97. The summed E-state index contributed by atoms with van der Waals surface area (Å²) in [5.41, 5.74) is 1.91. The molecule has 8 heteroatoms. The van der Waals surface area contributed by atoms with Crippen molar-refractivity contribution >= 4 is 81.2 Å². The van der Waals surface area contributed by atoms with E-state index in [4.69, 9.17) is 81.2 Å². The van der Waals surface area contributed by atoms with Crippen LogP contribution in [0, 0.1) is 0 Å². The highest BCUT2D eigenvalue weighted by atomic mass is 35.5. The second kappa shape index (κ2) is 7.70. The number of pyridine rings is 1. The Balaban J connectivity index is 2.25. The van der Waals surface area contributed by atoms with Crippen molar-refractivity contribution in [2.45, 2.75) is 0 Å². The van der Waals surface area contributed by atoms with Crippen LogP contribution in [0.5, 0.6) is 0 Å². The van der Waals surface area contributed by atoms with E-state index in [0.29, 0.717) is 57.7 Å². The van der Waals surface area contributed by atoms with Crippen LogP contribution in [0.3, 0.4) is 0 Å². The van der Waals surface area contributed by atoms with E-state index in [1.807, 2.05) is 0 Å². The number of halogens is 7. The zero-order chi connectivity index (χ0) is 18.3. The predicted molar refractivity (Wildman–Crippen MR) is 110 cm³/mol. The van der Waals surface area contributed by atoms with Crippen molar-refractivity contribution in [3.63, 3.8) is 0 Å². The molecule has 128 valence electrons. The third kappa shape index (κ3) is 3.99. The molecule has 1 heterocycles. The first-order valence-electron chi connectivity index (χ1n) is 6.74. The molecule has 0 amide bonds. The highest BCUT2D eigenvalue weighted by molar-refractivity contribution is 6.43. The normalized spacial score (nSPS) is 11.0. The Morgan fingerprint density at radius 3 is 1.44 bits per heavy atom. The van der Waals surface area contributed by atoms with Crippen LogP contribution >= 0.6 is 81.2 Å². The molecular formula is C17H6Cl7N. The van der Waals surface area contributed by atoms with E-state index in [1.165, 1.54) is 0 Å². The van der Waals surface area contributed by atoms with Gasteiger partial charge in [-0.3, -0.25) is 0 Å². The number of hydrogen-bond acceptors (Lipinski definition) is 1. The summed E-state index contributed by atoms with van der Waals surface area (Å²) < 4.78 is 0. The summed E-state index contributed by atoms with van der Waals surface area (Å²) in [4.78, 5) is 4.56. The van der Waals surface area contributed by atoms with Crippen LogP contribution in [0.4, 0.5) is 0 Å². The van der Waals surface area contributed by atoms with Gasteiger partial charge in [0.05, 0.1) is 36.5 Å². The predicted octanol–water partition coefficient (Wildman–Crippen LogP) is 8.99. The zero-order valence-electron chi connectivity index (χ0n) is 12.1. The number of nitrogens with zero attached hydrogens (tertiary/aromatic N) is 1. The lowest BCUT2D eigenvalue weighted by Gasteiger charge is -2.13. The molecule has 0 saturated carbocycles. The monoisotopic (exact) mass is 469 g/mol. The van der Waals surface area contributed by atoms with E-state index in [1.54, 1.807) is 36.4 Å². The van der Waals surface area contributed by atoms with Crippen molar-refractivity contribution in [2.75, 3.05) is 0 Å². The van der Waals surface area contributed by atoms with Gasteiger partial charge in [0.1, 0.15) is 0 Å². The first-order chi connectivity index (χ1) is 11.8. The summed E-state index contributed by atoms with van der Waals surface area (Å²) in [5.74, 6) is 0. The molecule has 0 aliphatic rings. The SMILES string of the molecule is Clc1cc(Cl)c(-c2ccc(Cl)c(-c3c(Cl)cc(Cl)cc3Cl)n2)c(Cl)c1. The van der Waals surface area contributed by atoms with Gasteiger partial charge in [0.15, 0.2) is 0 Å². The molecule has 0 N–H and O–H groups in total. The number of benzene rings is 2. The van der Waals surface area contributed by atoms with Crippen LogP contribution in [0.15, 0.2) is 36.4 Å². The van der Waals surface area contributed by atoms with Crippen LogP contribution in [0.1, 0.15) is 0 Å². The molecule has 25 heavy (non-hydrogen) atoms. The molecule has 0 aliphatic carbocycles. The fraction of sp³-hybridized carbons (Fsp3) is 0. The second-order valence-electron chi connectivity index (χ2n) is 5.02. The van der Waals surface area contributed by atoms with E-state index >= 15 is 0 Å². The van der Waals surface area contributed by atoms with Crippen molar-refractivity contribution in [2.24, 2.45) is 0 Å². The molecule has 0 unspecified atom stereocenters. The van der Waals surface area contributed by atoms with Crippen LogP contribution < -0.4 is 0 Å². The third-order valence-corrected chi connectivity index (χ3v) is 5.29. The molecule has 0 aliphatic heterocycles. The molecule has 0 bridgehead atoms. The van der Waals surface area contributed by atoms with Gasteiger partial charge < -0.3 is 0 Å². The fourth-order valence-electron chi connectivity index (χ4n) is 2.31. The summed E-state index contributed by atoms with van der Waals surface area (Å²) in [6.45, 7) is 0. The number of hydrogen-bond donors (Lipinski definition) is 0. The Morgan fingerprint density at radius 2 is 0.960 bits per heavy atom. The van der Waals surface area contributed by atoms with Crippen molar-refractivity contribution in [1.82, 2.24) is 4.98 Å². The smallest absolute Gasteiger partial charge is 0.0925 e. The molecule has 3 aromatic rings. The molecule has 2 aromatic carbocycles.